The highest BCUT2D eigenvalue weighted by Crippen LogP contribution is 2.26. The van der Waals surface area contributed by atoms with Crippen molar-refractivity contribution in [1.82, 2.24) is 20.5 Å². The van der Waals surface area contributed by atoms with E-state index >= 15 is 0 Å². The molecule has 0 aliphatic heterocycles. The Balaban J connectivity index is 1.60. The number of aromatic nitrogens is 3. The van der Waals surface area contributed by atoms with Gasteiger partial charge >= 0.3 is 0 Å². The van der Waals surface area contributed by atoms with Crippen molar-refractivity contribution in [2.75, 3.05) is 0 Å². The van der Waals surface area contributed by atoms with Crippen molar-refractivity contribution in [1.29, 1.82) is 0 Å². The lowest BCUT2D eigenvalue weighted by Crippen LogP contribution is -2.27. The molecule has 0 aliphatic carbocycles. The summed E-state index contributed by atoms with van der Waals surface area (Å²) in [5.74, 6) is -0.270. The van der Waals surface area contributed by atoms with Crippen LogP contribution in [0.4, 0.5) is 4.39 Å². The number of H-pyrrole nitrogens is 1. The first-order chi connectivity index (χ1) is 13.4. The van der Waals surface area contributed by atoms with E-state index in [1.54, 1.807) is 30.3 Å². The van der Waals surface area contributed by atoms with E-state index in [-0.39, 0.29) is 17.8 Å². The summed E-state index contributed by atoms with van der Waals surface area (Å²) in [6.07, 6.45) is 0. The minimum atomic E-state index is -0.362. The summed E-state index contributed by atoms with van der Waals surface area (Å²) in [4.78, 5) is 17.1. The van der Waals surface area contributed by atoms with Crippen molar-refractivity contribution in [3.8, 4) is 11.5 Å². The number of carbonyl (C=O) groups excluding carboxylic acids is 1. The van der Waals surface area contributed by atoms with Gasteiger partial charge in [-0.05, 0) is 57.2 Å². The summed E-state index contributed by atoms with van der Waals surface area (Å²) in [5, 5.41) is 10.1. The number of halogens is 1. The predicted molar refractivity (Wildman–Crippen MR) is 103 cm³/mol. The average molecular weight is 378 g/mol. The highest BCUT2D eigenvalue weighted by molar-refractivity contribution is 5.97. The van der Waals surface area contributed by atoms with Gasteiger partial charge in [0, 0.05) is 22.4 Å². The highest BCUT2D eigenvalue weighted by Gasteiger charge is 2.18. The van der Waals surface area contributed by atoms with E-state index in [1.807, 2.05) is 20.8 Å². The zero-order valence-electron chi connectivity index (χ0n) is 15.7. The van der Waals surface area contributed by atoms with E-state index in [2.05, 4.69) is 20.5 Å². The molecule has 6 nitrogen and oxygen atoms in total. The van der Waals surface area contributed by atoms with E-state index in [0.717, 1.165) is 17.0 Å². The largest absolute Gasteiger partial charge is 0.436 e. The van der Waals surface area contributed by atoms with Gasteiger partial charge in [0.15, 0.2) is 5.58 Å². The van der Waals surface area contributed by atoms with Crippen molar-refractivity contribution in [2.24, 2.45) is 0 Å². The number of fused-ring (bicyclic) bond motifs is 1. The Kier molecular flexibility index (Phi) is 4.43. The van der Waals surface area contributed by atoms with Crippen LogP contribution in [0.5, 0.6) is 0 Å². The van der Waals surface area contributed by atoms with Gasteiger partial charge in [-0.3, -0.25) is 9.89 Å². The first-order valence-electron chi connectivity index (χ1n) is 8.91. The Hall–Kier alpha value is -3.48. The van der Waals surface area contributed by atoms with Crippen LogP contribution in [0.25, 0.3) is 22.6 Å². The van der Waals surface area contributed by atoms with E-state index < -0.39 is 0 Å². The van der Waals surface area contributed by atoms with Gasteiger partial charge in [0.05, 0.1) is 11.7 Å². The number of nitrogens with one attached hydrogen (secondary N) is 2. The lowest BCUT2D eigenvalue weighted by Gasteiger charge is -2.14. The van der Waals surface area contributed by atoms with Crippen LogP contribution in [-0.2, 0) is 0 Å². The van der Waals surface area contributed by atoms with E-state index in [1.165, 1.54) is 12.1 Å². The van der Waals surface area contributed by atoms with Gasteiger partial charge in [0.25, 0.3) is 5.91 Å². The zero-order chi connectivity index (χ0) is 19.8. The van der Waals surface area contributed by atoms with Crippen LogP contribution in [0.15, 0.2) is 46.9 Å². The number of hydrogen-bond acceptors (Lipinski definition) is 4. The van der Waals surface area contributed by atoms with Crippen molar-refractivity contribution in [3.05, 3.63) is 70.8 Å². The molecule has 0 radical (unpaired) electrons. The molecular weight excluding hydrogens is 359 g/mol. The van der Waals surface area contributed by atoms with Crippen LogP contribution in [0.2, 0.25) is 0 Å². The fourth-order valence-electron chi connectivity index (χ4n) is 3.36. The van der Waals surface area contributed by atoms with Crippen LogP contribution >= 0.6 is 0 Å². The third kappa shape index (κ3) is 3.26. The van der Waals surface area contributed by atoms with Gasteiger partial charge in [0.2, 0.25) is 5.89 Å². The molecule has 0 spiro atoms. The highest BCUT2D eigenvalue weighted by atomic mass is 19.1. The molecule has 1 atom stereocenters. The Morgan fingerprint density at radius 2 is 2.04 bits per heavy atom. The molecule has 142 valence electrons. The quantitative estimate of drug-likeness (QED) is 0.549. The first-order valence-corrected chi connectivity index (χ1v) is 8.91. The van der Waals surface area contributed by atoms with E-state index in [9.17, 15) is 9.18 Å². The molecule has 28 heavy (non-hydrogen) atoms. The summed E-state index contributed by atoms with van der Waals surface area (Å²) in [6.45, 7) is 5.74. The Morgan fingerprint density at radius 3 is 2.75 bits per heavy atom. The zero-order valence-corrected chi connectivity index (χ0v) is 15.7. The molecule has 0 bridgehead atoms. The standard InChI is InChI=1S/C21H19FN4O2/c1-11(19-12(2)25-26-13(19)3)23-20(27)14-7-8-18-17(10-14)24-21(28-18)15-5-4-6-16(22)9-15/h4-11H,1-3H3,(H,23,27)(H,25,26)/t11-/m1/s1. The summed E-state index contributed by atoms with van der Waals surface area (Å²) in [6, 6.07) is 10.9. The fraction of sp³-hybridized carbons (Fsp3) is 0.190. The summed E-state index contributed by atoms with van der Waals surface area (Å²) >= 11 is 0. The van der Waals surface area contributed by atoms with Crippen LogP contribution in [0, 0.1) is 19.7 Å². The van der Waals surface area contributed by atoms with Crippen molar-refractivity contribution >= 4 is 17.0 Å². The molecule has 7 heteroatoms. The Bertz CT molecular complexity index is 1160. The maximum Gasteiger partial charge on any atom is 0.251 e. The second kappa shape index (κ2) is 6.92. The number of oxazole rings is 1. The van der Waals surface area contributed by atoms with E-state index in [4.69, 9.17) is 4.42 Å². The molecule has 1 amide bonds. The number of benzene rings is 2. The van der Waals surface area contributed by atoms with Gasteiger partial charge in [-0.1, -0.05) is 6.07 Å². The molecule has 0 saturated heterocycles. The second-order valence-corrected chi connectivity index (χ2v) is 6.75. The lowest BCUT2D eigenvalue weighted by atomic mass is 10.1. The molecule has 0 saturated carbocycles. The molecule has 2 heterocycles. The number of rotatable bonds is 4. The maximum absolute atomic E-state index is 13.4. The Morgan fingerprint density at radius 1 is 1.21 bits per heavy atom. The lowest BCUT2D eigenvalue weighted by molar-refractivity contribution is 0.0940. The maximum atomic E-state index is 13.4. The van der Waals surface area contributed by atoms with Crippen LogP contribution < -0.4 is 5.32 Å². The minimum absolute atomic E-state index is 0.192. The normalized spacial score (nSPS) is 12.3. The monoisotopic (exact) mass is 378 g/mol. The molecule has 2 aromatic heterocycles. The molecule has 0 unspecified atom stereocenters. The second-order valence-electron chi connectivity index (χ2n) is 6.75. The van der Waals surface area contributed by atoms with Crippen LogP contribution in [0.1, 0.15) is 40.3 Å². The molecule has 2 N–H and O–H groups in total. The van der Waals surface area contributed by atoms with Gasteiger partial charge in [-0.25, -0.2) is 9.37 Å². The minimum Gasteiger partial charge on any atom is -0.436 e. The predicted octanol–water partition coefficient (Wildman–Crippen LogP) is 4.46. The third-order valence-corrected chi connectivity index (χ3v) is 4.69. The molecule has 4 aromatic rings. The van der Waals surface area contributed by atoms with Gasteiger partial charge < -0.3 is 9.73 Å². The van der Waals surface area contributed by atoms with Crippen molar-refractivity contribution in [2.45, 2.75) is 26.8 Å². The molecule has 0 aliphatic rings. The molecule has 2 aromatic carbocycles. The number of hydrogen-bond donors (Lipinski definition) is 2. The molecule has 0 fully saturated rings. The summed E-state index contributed by atoms with van der Waals surface area (Å²) in [7, 11) is 0. The van der Waals surface area contributed by atoms with Crippen LogP contribution in [-0.4, -0.2) is 21.1 Å². The number of nitrogens with zero attached hydrogens (tertiary/aromatic N) is 2. The van der Waals surface area contributed by atoms with Crippen molar-refractivity contribution in [3.63, 3.8) is 0 Å². The van der Waals surface area contributed by atoms with Gasteiger partial charge in [-0.2, -0.15) is 5.10 Å². The van der Waals surface area contributed by atoms with Crippen molar-refractivity contribution < 1.29 is 13.6 Å². The van der Waals surface area contributed by atoms with Crippen LogP contribution in [0.3, 0.4) is 0 Å². The smallest absolute Gasteiger partial charge is 0.251 e. The SMILES string of the molecule is Cc1n[nH]c(C)c1[C@@H](C)NC(=O)c1ccc2oc(-c3cccc(F)c3)nc2c1. The van der Waals surface area contributed by atoms with Gasteiger partial charge in [0.1, 0.15) is 11.3 Å². The van der Waals surface area contributed by atoms with Gasteiger partial charge in [-0.15, -0.1) is 0 Å². The topological polar surface area (TPSA) is 83.8 Å². The average Bonchev–Trinajstić information content (AvgIpc) is 3.24. The molecular formula is C21H19FN4O2. The Labute approximate surface area is 160 Å². The number of amides is 1. The number of aryl methyl sites for hydroxylation is 2. The summed E-state index contributed by atoms with van der Waals surface area (Å²) in [5.41, 5.74) is 4.85. The fourth-order valence-corrected chi connectivity index (χ4v) is 3.36. The number of aromatic amines is 1. The number of carbonyl (C=O) groups is 1. The third-order valence-electron chi connectivity index (χ3n) is 4.69. The molecule has 4 rings (SSSR count). The summed E-state index contributed by atoms with van der Waals surface area (Å²) < 4.78 is 19.1. The van der Waals surface area contributed by atoms with E-state index in [0.29, 0.717) is 28.1 Å². The first kappa shape index (κ1) is 17.9.